The van der Waals surface area contributed by atoms with Crippen LogP contribution in [0.2, 0.25) is 0 Å². The van der Waals surface area contributed by atoms with Crippen molar-refractivity contribution in [1.82, 2.24) is 10.2 Å². The van der Waals surface area contributed by atoms with Crippen molar-refractivity contribution in [3.8, 4) is 11.1 Å². The van der Waals surface area contributed by atoms with E-state index < -0.39 is 24.0 Å². The lowest BCUT2D eigenvalue weighted by molar-refractivity contribution is -0.148. The molecule has 35 heavy (non-hydrogen) atoms. The zero-order chi connectivity index (χ0) is 24.9. The first-order valence-electron chi connectivity index (χ1n) is 12.0. The Kier molecular flexibility index (Phi) is 8.00. The molecule has 186 valence electrons. The number of aliphatic carboxylic acids is 1. The van der Waals surface area contributed by atoms with Gasteiger partial charge >= 0.3 is 12.1 Å². The number of amides is 2. The summed E-state index contributed by atoms with van der Waals surface area (Å²) >= 11 is 1.60. The summed E-state index contributed by atoms with van der Waals surface area (Å²) in [6, 6.07) is 15.6. The maximum Gasteiger partial charge on any atom is 0.407 e. The summed E-state index contributed by atoms with van der Waals surface area (Å²) in [6.45, 7) is 2.79. The molecule has 1 aliphatic carbocycles. The molecule has 1 saturated heterocycles. The van der Waals surface area contributed by atoms with Crippen LogP contribution in [0.25, 0.3) is 11.1 Å². The number of carbonyl (C=O) groups excluding carboxylic acids is 2. The normalized spacial score (nSPS) is 20.0. The van der Waals surface area contributed by atoms with Gasteiger partial charge in [0.2, 0.25) is 5.91 Å². The van der Waals surface area contributed by atoms with Crippen molar-refractivity contribution >= 4 is 29.7 Å². The first-order valence-corrected chi connectivity index (χ1v) is 13.4. The minimum absolute atomic E-state index is 0.0515. The average Bonchev–Trinajstić information content (AvgIpc) is 3.18. The zero-order valence-corrected chi connectivity index (χ0v) is 20.9. The van der Waals surface area contributed by atoms with Crippen LogP contribution in [0.4, 0.5) is 4.79 Å². The standard InChI is InChI=1S/C27H32N2O5S/c1-17-15-29(13-11-18(17)26(31)32)25(30)24(12-14-35-2)28-27(33)34-16-23-21-9-5-3-7-19(21)20-8-4-6-10-22(20)23/h3-10,17-18,23-24H,11-16H2,1-2H3,(H,28,33)(H,31,32). The summed E-state index contributed by atoms with van der Waals surface area (Å²) < 4.78 is 5.65. The highest BCUT2D eigenvalue weighted by Gasteiger charge is 2.36. The van der Waals surface area contributed by atoms with E-state index in [9.17, 15) is 19.5 Å². The summed E-state index contributed by atoms with van der Waals surface area (Å²) in [5.41, 5.74) is 4.58. The number of rotatable bonds is 8. The number of fused-ring (bicyclic) bond motifs is 3. The highest BCUT2D eigenvalue weighted by atomic mass is 32.2. The van der Waals surface area contributed by atoms with Crippen LogP contribution in [0.3, 0.4) is 0 Å². The van der Waals surface area contributed by atoms with Crippen molar-refractivity contribution in [1.29, 1.82) is 0 Å². The van der Waals surface area contributed by atoms with E-state index in [1.165, 1.54) is 0 Å². The fourth-order valence-electron chi connectivity index (χ4n) is 5.21. The molecule has 1 aliphatic heterocycles. The molecule has 2 aromatic carbocycles. The van der Waals surface area contributed by atoms with Gasteiger partial charge in [-0.1, -0.05) is 55.5 Å². The Morgan fingerprint density at radius 1 is 1.11 bits per heavy atom. The number of nitrogens with zero attached hydrogens (tertiary/aromatic N) is 1. The maximum atomic E-state index is 13.2. The minimum Gasteiger partial charge on any atom is -0.481 e. The first-order chi connectivity index (χ1) is 16.9. The van der Waals surface area contributed by atoms with E-state index in [0.717, 1.165) is 22.3 Å². The number of nitrogens with one attached hydrogen (secondary N) is 1. The molecule has 0 aromatic heterocycles. The van der Waals surface area contributed by atoms with Gasteiger partial charge in [-0.3, -0.25) is 9.59 Å². The Balaban J connectivity index is 1.40. The van der Waals surface area contributed by atoms with Crippen LogP contribution >= 0.6 is 11.8 Å². The van der Waals surface area contributed by atoms with Gasteiger partial charge in [-0.25, -0.2) is 4.79 Å². The highest BCUT2D eigenvalue weighted by molar-refractivity contribution is 7.98. The Morgan fingerprint density at radius 2 is 1.74 bits per heavy atom. The molecule has 7 nitrogen and oxygen atoms in total. The lowest BCUT2D eigenvalue weighted by atomic mass is 9.86. The lowest BCUT2D eigenvalue weighted by Crippen LogP contribution is -2.53. The van der Waals surface area contributed by atoms with Crippen LogP contribution in [-0.4, -0.2) is 65.7 Å². The molecule has 4 rings (SSSR count). The van der Waals surface area contributed by atoms with E-state index in [1.54, 1.807) is 16.7 Å². The van der Waals surface area contributed by atoms with Gasteiger partial charge in [0.05, 0.1) is 5.92 Å². The van der Waals surface area contributed by atoms with Crippen LogP contribution < -0.4 is 5.32 Å². The second-order valence-electron chi connectivity index (χ2n) is 9.30. The number of carboxylic acid groups (broad SMARTS) is 1. The van der Waals surface area contributed by atoms with Crippen LogP contribution in [-0.2, 0) is 14.3 Å². The van der Waals surface area contributed by atoms with E-state index in [0.29, 0.717) is 31.7 Å². The number of ether oxygens (including phenoxy) is 1. The Hall–Kier alpha value is -3.00. The van der Waals surface area contributed by atoms with Crippen LogP contribution in [0.5, 0.6) is 0 Å². The van der Waals surface area contributed by atoms with Gasteiger partial charge in [0.1, 0.15) is 12.6 Å². The van der Waals surface area contributed by atoms with Crippen molar-refractivity contribution in [2.24, 2.45) is 11.8 Å². The molecule has 2 amide bonds. The van der Waals surface area contributed by atoms with Gasteiger partial charge < -0.3 is 20.1 Å². The van der Waals surface area contributed by atoms with Crippen molar-refractivity contribution in [2.45, 2.75) is 31.7 Å². The molecule has 3 unspecified atom stereocenters. The number of carbonyl (C=O) groups is 3. The van der Waals surface area contributed by atoms with Crippen molar-refractivity contribution in [2.75, 3.05) is 31.7 Å². The predicted molar refractivity (Wildman–Crippen MR) is 136 cm³/mol. The van der Waals surface area contributed by atoms with E-state index in [-0.39, 0.29) is 24.3 Å². The Morgan fingerprint density at radius 3 is 2.31 bits per heavy atom. The van der Waals surface area contributed by atoms with E-state index in [1.807, 2.05) is 37.4 Å². The van der Waals surface area contributed by atoms with Gasteiger partial charge in [0.25, 0.3) is 0 Å². The number of piperidine rings is 1. The smallest absolute Gasteiger partial charge is 0.407 e. The molecule has 0 spiro atoms. The summed E-state index contributed by atoms with van der Waals surface area (Å²) in [4.78, 5) is 39.1. The van der Waals surface area contributed by atoms with Crippen molar-refractivity contribution < 1.29 is 24.2 Å². The topological polar surface area (TPSA) is 95.9 Å². The van der Waals surface area contributed by atoms with Crippen molar-refractivity contribution in [3.63, 3.8) is 0 Å². The number of hydrogen-bond acceptors (Lipinski definition) is 5. The molecule has 2 aliphatic rings. The largest absolute Gasteiger partial charge is 0.481 e. The summed E-state index contributed by atoms with van der Waals surface area (Å²) in [6.07, 6.45) is 2.24. The van der Waals surface area contributed by atoms with Gasteiger partial charge in [-0.15, -0.1) is 0 Å². The number of alkyl carbamates (subject to hydrolysis) is 1. The molecule has 3 atom stereocenters. The summed E-state index contributed by atoms with van der Waals surface area (Å²) in [5.74, 6) is -0.922. The SMILES string of the molecule is CSCCC(NC(=O)OCC1c2ccccc2-c2ccccc21)C(=O)N1CCC(C(=O)O)C(C)C1. The average molecular weight is 497 g/mol. The van der Waals surface area contributed by atoms with Gasteiger partial charge in [0, 0.05) is 19.0 Å². The molecule has 0 saturated carbocycles. The van der Waals surface area contributed by atoms with Gasteiger partial charge in [-0.2, -0.15) is 11.8 Å². The molecular weight excluding hydrogens is 464 g/mol. The molecule has 2 aromatic rings. The lowest BCUT2D eigenvalue weighted by Gasteiger charge is -2.36. The molecule has 8 heteroatoms. The third kappa shape index (κ3) is 5.48. The zero-order valence-electron chi connectivity index (χ0n) is 20.1. The molecular formula is C27H32N2O5S. The number of likely N-dealkylation sites (tertiary alicyclic amines) is 1. The van der Waals surface area contributed by atoms with E-state index >= 15 is 0 Å². The van der Waals surface area contributed by atoms with Crippen molar-refractivity contribution in [3.05, 3.63) is 59.7 Å². The molecule has 1 heterocycles. The van der Waals surface area contributed by atoms with Gasteiger partial charge in [0.15, 0.2) is 0 Å². The fraction of sp³-hybridized carbons (Fsp3) is 0.444. The highest BCUT2D eigenvalue weighted by Crippen LogP contribution is 2.44. The van der Waals surface area contributed by atoms with Crippen LogP contribution in [0, 0.1) is 11.8 Å². The monoisotopic (exact) mass is 496 g/mol. The predicted octanol–water partition coefficient (Wildman–Crippen LogP) is 4.22. The quantitative estimate of drug-likeness (QED) is 0.568. The van der Waals surface area contributed by atoms with E-state index in [4.69, 9.17) is 4.74 Å². The maximum absolute atomic E-state index is 13.2. The molecule has 1 fully saturated rings. The second kappa shape index (κ2) is 11.2. The minimum atomic E-state index is -0.819. The van der Waals surface area contributed by atoms with E-state index in [2.05, 4.69) is 29.6 Å². The third-order valence-corrected chi connectivity index (χ3v) is 7.72. The molecule has 2 N–H and O–H groups in total. The van der Waals surface area contributed by atoms with Gasteiger partial charge in [-0.05, 0) is 53.0 Å². The molecule has 0 bridgehead atoms. The Bertz CT molecular complexity index is 1050. The summed E-state index contributed by atoms with van der Waals surface area (Å²) in [5, 5.41) is 12.2. The summed E-state index contributed by atoms with van der Waals surface area (Å²) in [7, 11) is 0. The number of carboxylic acids is 1. The Labute approximate surface area is 210 Å². The number of hydrogen-bond donors (Lipinski definition) is 2. The number of benzene rings is 2. The van der Waals surface area contributed by atoms with Crippen LogP contribution in [0.15, 0.2) is 48.5 Å². The fourth-order valence-corrected chi connectivity index (χ4v) is 5.68. The number of thioether (sulfide) groups is 1. The molecule has 0 radical (unpaired) electrons. The first kappa shape index (κ1) is 25.1. The second-order valence-corrected chi connectivity index (χ2v) is 10.3. The van der Waals surface area contributed by atoms with Crippen LogP contribution in [0.1, 0.15) is 36.8 Å². The third-order valence-electron chi connectivity index (χ3n) is 7.08.